The van der Waals surface area contributed by atoms with Crippen LogP contribution in [0.25, 0.3) is 0 Å². The zero-order valence-electron chi connectivity index (χ0n) is 9.28. The van der Waals surface area contributed by atoms with Crippen molar-refractivity contribution >= 4 is 15.9 Å². The zero-order chi connectivity index (χ0) is 13.1. The first-order valence-electron chi connectivity index (χ1n) is 5.30. The Kier molecular flexibility index (Phi) is 4.04. The van der Waals surface area contributed by atoms with Crippen LogP contribution in [0.1, 0.15) is 17.4 Å². The molecule has 0 aliphatic heterocycles. The number of rotatable bonds is 3. The molecule has 0 radical (unpaired) electrons. The predicted molar refractivity (Wildman–Crippen MR) is 67.0 cm³/mol. The summed E-state index contributed by atoms with van der Waals surface area (Å²) in [5, 5.41) is 9.93. The molecule has 1 aromatic heterocycles. The van der Waals surface area contributed by atoms with Crippen LogP contribution in [0.2, 0.25) is 0 Å². The van der Waals surface area contributed by atoms with Gasteiger partial charge in [-0.25, -0.2) is 8.78 Å². The Balaban J connectivity index is 2.21. The summed E-state index contributed by atoms with van der Waals surface area (Å²) < 4.78 is 26.9. The molecule has 1 atom stereocenters. The average Bonchev–Trinajstić information content (AvgIpc) is 2.33. The van der Waals surface area contributed by atoms with E-state index < -0.39 is 11.9 Å². The minimum atomic E-state index is -1.06. The van der Waals surface area contributed by atoms with E-state index in [1.165, 1.54) is 30.5 Å². The van der Waals surface area contributed by atoms with Gasteiger partial charge in [0.15, 0.2) is 0 Å². The molecule has 0 bridgehead atoms. The molecule has 0 spiro atoms. The topological polar surface area (TPSA) is 33.1 Å². The van der Waals surface area contributed by atoms with E-state index in [4.69, 9.17) is 0 Å². The largest absolute Gasteiger partial charge is 0.386 e. The molecule has 2 aromatic rings. The van der Waals surface area contributed by atoms with Gasteiger partial charge in [-0.3, -0.25) is 4.98 Å². The molecule has 2 nitrogen and oxygen atoms in total. The molecule has 1 N–H and O–H groups in total. The van der Waals surface area contributed by atoms with E-state index in [0.29, 0.717) is 10.0 Å². The summed E-state index contributed by atoms with van der Waals surface area (Å²) in [7, 11) is 0. The van der Waals surface area contributed by atoms with Gasteiger partial charge in [0.25, 0.3) is 0 Å². The normalized spacial score (nSPS) is 12.4. The Morgan fingerprint density at radius 2 is 2.06 bits per heavy atom. The third-order valence-electron chi connectivity index (χ3n) is 2.53. The molecule has 0 amide bonds. The van der Waals surface area contributed by atoms with Gasteiger partial charge in [-0.2, -0.15) is 0 Å². The Morgan fingerprint density at radius 3 is 2.72 bits per heavy atom. The molecule has 2 rings (SSSR count). The van der Waals surface area contributed by atoms with E-state index >= 15 is 0 Å². The first kappa shape index (κ1) is 13.1. The van der Waals surface area contributed by atoms with Crippen LogP contribution in [0.4, 0.5) is 8.78 Å². The van der Waals surface area contributed by atoms with Crippen molar-refractivity contribution < 1.29 is 13.9 Å². The lowest BCUT2D eigenvalue weighted by molar-refractivity contribution is 0.168. The Bertz CT molecular complexity index is 562. The third-order valence-corrected chi connectivity index (χ3v) is 3.27. The van der Waals surface area contributed by atoms with Gasteiger partial charge in [-0.1, -0.05) is 22.0 Å². The molecule has 1 unspecified atom stereocenters. The summed E-state index contributed by atoms with van der Waals surface area (Å²) in [5.74, 6) is -0.924. The fourth-order valence-electron chi connectivity index (χ4n) is 1.64. The van der Waals surface area contributed by atoms with Crippen molar-refractivity contribution in [2.45, 2.75) is 12.5 Å². The summed E-state index contributed by atoms with van der Waals surface area (Å²) >= 11 is 3.20. The Hall–Kier alpha value is -1.33. The van der Waals surface area contributed by atoms with Crippen molar-refractivity contribution in [1.82, 2.24) is 4.98 Å². The lowest BCUT2D eigenvalue weighted by Gasteiger charge is -2.12. The molecule has 1 heterocycles. The number of aliphatic hydroxyl groups excluding tert-OH is 1. The summed E-state index contributed by atoms with van der Waals surface area (Å²) in [6, 6.07) is 6.84. The van der Waals surface area contributed by atoms with E-state index in [9.17, 15) is 13.9 Å². The van der Waals surface area contributed by atoms with Gasteiger partial charge >= 0.3 is 0 Å². The highest BCUT2D eigenvalue weighted by molar-refractivity contribution is 9.10. The smallest absolute Gasteiger partial charge is 0.147 e. The molecule has 0 saturated heterocycles. The van der Waals surface area contributed by atoms with Crippen molar-refractivity contribution in [3.63, 3.8) is 0 Å². The van der Waals surface area contributed by atoms with Crippen LogP contribution in [0.5, 0.6) is 0 Å². The van der Waals surface area contributed by atoms with Gasteiger partial charge in [0, 0.05) is 17.1 Å². The van der Waals surface area contributed by atoms with Gasteiger partial charge < -0.3 is 5.11 Å². The number of hydrogen-bond acceptors (Lipinski definition) is 2. The standard InChI is InChI=1S/C13H10BrF2NO/c14-10-7-9(15)4-3-8(10)6-12(18)13-11(16)2-1-5-17-13/h1-5,7,12,18H,6H2. The molecular weight excluding hydrogens is 304 g/mol. The summed E-state index contributed by atoms with van der Waals surface area (Å²) in [5.41, 5.74) is 0.683. The molecule has 0 aliphatic rings. The van der Waals surface area contributed by atoms with Gasteiger partial charge in [0.2, 0.25) is 0 Å². The summed E-state index contributed by atoms with van der Waals surface area (Å²) in [4.78, 5) is 3.81. The Morgan fingerprint density at radius 1 is 1.28 bits per heavy atom. The number of halogens is 3. The van der Waals surface area contributed by atoms with Crippen molar-refractivity contribution in [3.8, 4) is 0 Å². The number of aliphatic hydroxyl groups is 1. The third kappa shape index (κ3) is 2.91. The van der Waals surface area contributed by atoms with E-state index in [2.05, 4.69) is 20.9 Å². The van der Waals surface area contributed by atoms with Gasteiger partial charge in [-0.15, -0.1) is 0 Å². The van der Waals surface area contributed by atoms with Crippen LogP contribution in [0.3, 0.4) is 0 Å². The quantitative estimate of drug-likeness (QED) is 0.942. The highest BCUT2D eigenvalue weighted by Crippen LogP contribution is 2.24. The van der Waals surface area contributed by atoms with E-state index in [0.717, 1.165) is 0 Å². The minimum absolute atomic E-state index is 0.00581. The first-order chi connectivity index (χ1) is 8.58. The number of hydrogen-bond donors (Lipinski definition) is 1. The maximum absolute atomic E-state index is 13.4. The average molecular weight is 314 g/mol. The lowest BCUT2D eigenvalue weighted by Crippen LogP contribution is -2.07. The number of nitrogens with zero attached hydrogens (tertiary/aromatic N) is 1. The number of aromatic nitrogens is 1. The second kappa shape index (κ2) is 5.54. The van der Waals surface area contributed by atoms with Crippen LogP contribution in [-0.2, 0) is 6.42 Å². The summed E-state index contributed by atoms with van der Waals surface area (Å²) in [6.07, 6.45) is 0.517. The van der Waals surface area contributed by atoms with Crippen molar-refractivity contribution in [2.75, 3.05) is 0 Å². The highest BCUT2D eigenvalue weighted by Gasteiger charge is 2.16. The molecule has 0 fully saturated rings. The molecule has 5 heteroatoms. The number of benzene rings is 1. The first-order valence-corrected chi connectivity index (χ1v) is 6.09. The van der Waals surface area contributed by atoms with Crippen LogP contribution in [0, 0.1) is 11.6 Å². The van der Waals surface area contributed by atoms with E-state index in [-0.39, 0.29) is 17.9 Å². The van der Waals surface area contributed by atoms with Crippen molar-refractivity contribution in [1.29, 1.82) is 0 Å². The zero-order valence-corrected chi connectivity index (χ0v) is 10.9. The summed E-state index contributed by atoms with van der Waals surface area (Å²) in [6.45, 7) is 0. The fourth-order valence-corrected chi connectivity index (χ4v) is 2.15. The minimum Gasteiger partial charge on any atom is -0.386 e. The second-order valence-electron chi connectivity index (χ2n) is 3.83. The maximum atomic E-state index is 13.4. The van der Waals surface area contributed by atoms with Gasteiger partial charge in [-0.05, 0) is 29.8 Å². The predicted octanol–water partition coefficient (Wildman–Crippen LogP) is 3.40. The lowest BCUT2D eigenvalue weighted by atomic mass is 10.0. The molecule has 1 aromatic carbocycles. The molecular formula is C13H10BrF2NO. The number of pyridine rings is 1. The Labute approximate surface area is 111 Å². The van der Waals surface area contributed by atoms with E-state index in [1.54, 1.807) is 6.07 Å². The maximum Gasteiger partial charge on any atom is 0.147 e. The second-order valence-corrected chi connectivity index (χ2v) is 4.68. The van der Waals surface area contributed by atoms with Crippen molar-refractivity contribution in [2.24, 2.45) is 0 Å². The van der Waals surface area contributed by atoms with Crippen LogP contribution < -0.4 is 0 Å². The molecule has 18 heavy (non-hydrogen) atoms. The molecule has 0 aliphatic carbocycles. The van der Waals surface area contributed by atoms with E-state index in [1.807, 2.05) is 0 Å². The fraction of sp³-hybridized carbons (Fsp3) is 0.154. The van der Waals surface area contributed by atoms with Crippen LogP contribution in [-0.4, -0.2) is 10.1 Å². The molecule has 0 saturated carbocycles. The highest BCUT2D eigenvalue weighted by atomic mass is 79.9. The van der Waals surface area contributed by atoms with Crippen LogP contribution in [0.15, 0.2) is 41.0 Å². The van der Waals surface area contributed by atoms with Crippen LogP contribution >= 0.6 is 15.9 Å². The molecule has 94 valence electrons. The van der Waals surface area contributed by atoms with Crippen molar-refractivity contribution in [3.05, 3.63) is 63.9 Å². The van der Waals surface area contributed by atoms with Gasteiger partial charge in [0.1, 0.15) is 23.4 Å². The monoisotopic (exact) mass is 313 g/mol. The SMILES string of the molecule is OC(Cc1ccc(F)cc1Br)c1ncccc1F. The van der Waals surface area contributed by atoms with Gasteiger partial charge in [0.05, 0.1) is 0 Å².